The quantitative estimate of drug-likeness (QED) is 0.472. The van der Waals surface area contributed by atoms with Crippen LogP contribution in [0.2, 0.25) is 0 Å². The maximum Gasteiger partial charge on any atom is 0.125 e. The Bertz CT molecular complexity index is 365. The lowest BCUT2D eigenvalue weighted by atomic mass is 10.1. The fourth-order valence-corrected chi connectivity index (χ4v) is 1.39. The van der Waals surface area contributed by atoms with Crippen LogP contribution in [0.1, 0.15) is 11.7 Å². The second-order valence-corrected chi connectivity index (χ2v) is 3.03. The van der Waals surface area contributed by atoms with Crippen molar-refractivity contribution in [2.24, 2.45) is 5.16 Å². The number of nitrogens with zero attached hydrogens (tertiary/aromatic N) is 1. The molecule has 0 aliphatic rings. The summed E-state index contributed by atoms with van der Waals surface area (Å²) in [6, 6.07) is 5.32. The molecule has 0 saturated carbocycles. The Balaban J connectivity index is 3.15. The first-order chi connectivity index (χ1) is 7.76. The molecule has 5 nitrogen and oxygen atoms in total. The number of ether oxygens (including phenoxy) is 3. The number of hydrogen-bond acceptors (Lipinski definition) is 5. The fourth-order valence-electron chi connectivity index (χ4n) is 1.39. The maximum absolute atomic E-state index is 8.54. The molecule has 1 atom stereocenters. The van der Waals surface area contributed by atoms with Gasteiger partial charge in [-0.05, 0) is 18.2 Å². The van der Waals surface area contributed by atoms with Crippen LogP contribution in [-0.4, -0.2) is 32.8 Å². The van der Waals surface area contributed by atoms with E-state index in [9.17, 15) is 0 Å². The summed E-state index contributed by atoms with van der Waals surface area (Å²) in [5, 5.41) is 11.5. The van der Waals surface area contributed by atoms with Crippen molar-refractivity contribution in [3.63, 3.8) is 0 Å². The first-order valence-electron chi connectivity index (χ1n) is 4.69. The van der Waals surface area contributed by atoms with Crippen molar-refractivity contribution in [1.82, 2.24) is 0 Å². The summed E-state index contributed by atoms with van der Waals surface area (Å²) < 4.78 is 15.5. The van der Waals surface area contributed by atoms with Crippen molar-refractivity contribution >= 4 is 6.21 Å². The average molecular weight is 225 g/mol. The van der Waals surface area contributed by atoms with Crippen LogP contribution in [0.5, 0.6) is 11.5 Å². The number of benzene rings is 1. The standard InChI is InChI=1S/C11H15NO4/c1-14-8-4-5-10(15-2)9(6-8)11(16-3)7-12-13/h4-7,11,13H,1-3H3/b12-7+. The second kappa shape index (κ2) is 5.97. The van der Waals surface area contributed by atoms with E-state index in [0.717, 1.165) is 5.56 Å². The van der Waals surface area contributed by atoms with Gasteiger partial charge in [-0.2, -0.15) is 0 Å². The Morgan fingerprint density at radius 3 is 2.50 bits per heavy atom. The molecule has 16 heavy (non-hydrogen) atoms. The van der Waals surface area contributed by atoms with Gasteiger partial charge < -0.3 is 19.4 Å². The molecule has 0 fully saturated rings. The zero-order valence-electron chi connectivity index (χ0n) is 9.51. The van der Waals surface area contributed by atoms with Gasteiger partial charge in [-0.25, -0.2) is 0 Å². The Hall–Kier alpha value is -1.75. The van der Waals surface area contributed by atoms with Gasteiger partial charge in [0.25, 0.3) is 0 Å². The van der Waals surface area contributed by atoms with Gasteiger partial charge in [0.1, 0.15) is 17.6 Å². The highest BCUT2D eigenvalue weighted by Gasteiger charge is 2.14. The van der Waals surface area contributed by atoms with Crippen LogP contribution in [0.15, 0.2) is 23.4 Å². The molecule has 88 valence electrons. The van der Waals surface area contributed by atoms with Crippen LogP contribution in [0, 0.1) is 0 Å². The number of hydrogen-bond donors (Lipinski definition) is 1. The number of methoxy groups -OCH3 is 3. The van der Waals surface area contributed by atoms with E-state index in [1.165, 1.54) is 13.3 Å². The number of oxime groups is 1. The van der Waals surface area contributed by atoms with Crippen LogP contribution < -0.4 is 9.47 Å². The van der Waals surface area contributed by atoms with Crippen LogP contribution in [0.3, 0.4) is 0 Å². The van der Waals surface area contributed by atoms with Crippen molar-refractivity contribution in [2.75, 3.05) is 21.3 Å². The van der Waals surface area contributed by atoms with Crippen molar-refractivity contribution in [3.8, 4) is 11.5 Å². The van der Waals surface area contributed by atoms with E-state index in [1.54, 1.807) is 32.4 Å². The summed E-state index contributed by atoms with van der Waals surface area (Å²) in [5.41, 5.74) is 0.738. The predicted molar refractivity (Wildman–Crippen MR) is 59.6 cm³/mol. The van der Waals surface area contributed by atoms with E-state index >= 15 is 0 Å². The molecule has 1 aromatic rings. The van der Waals surface area contributed by atoms with Gasteiger partial charge in [0.05, 0.1) is 20.4 Å². The molecule has 0 radical (unpaired) electrons. The van der Waals surface area contributed by atoms with E-state index in [-0.39, 0.29) is 0 Å². The van der Waals surface area contributed by atoms with Crippen LogP contribution in [0.4, 0.5) is 0 Å². The summed E-state index contributed by atoms with van der Waals surface area (Å²) in [6.45, 7) is 0. The minimum absolute atomic E-state index is 0.477. The molecule has 0 aromatic heterocycles. The van der Waals surface area contributed by atoms with E-state index in [0.29, 0.717) is 11.5 Å². The largest absolute Gasteiger partial charge is 0.497 e. The van der Waals surface area contributed by atoms with E-state index in [2.05, 4.69) is 5.16 Å². The van der Waals surface area contributed by atoms with Gasteiger partial charge in [0, 0.05) is 12.7 Å². The molecule has 5 heteroatoms. The topological polar surface area (TPSA) is 60.3 Å². The third kappa shape index (κ3) is 2.64. The first kappa shape index (κ1) is 12.3. The monoisotopic (exact) mass is 225 g/mol. The third-order valence-electron chi connectivity index (χ3n) is 2.20. The molecule has 0 bridgehead atoms. The summed E-state index contributed by atoms with van der Waals surface area (Å²) in [6.07, 6.45) is 0.798. The molecule has 1 aromatic carbocycles. The van der Waals surface area contributed by atoms with Crippen molar-refractivity contribution in [2.45, 2.75) is 6.10 Å². The molecule has 0 saturated heterocycles. The zero-order valence-corrected chi connectivity index (χ0v) is 9.51. The van der Waals surface area contributed by atoms with E-state index in [4.69, 9.17) is 19.4 Å². The Morgan fingerprint density at radius 2 is 2.00 bits per heavy atom. The molecule has 1 rings (SSSR count). The molecule has 0 aliphatic heterocycles. The van der Waals surface area contributed by atoms with Gasteiger partial charge in [0.2, 0.25) is 0 Å². The van der Waals surface area contributed by atoms with Gasteiger partial charge in [-0.3, -0.25) is 0 Å². The van der Waals surface area contributed by atoms with Crippen LogP contribution >= 0.6 is 0 Å². The lowest BCUT2D eigenvalue weighted by Crippen LogP contribution is -2.05. The molecule has 0 amide bonds. The lowest BCUT2D eigenvalue weighted by molar-refractivity contribution is 0.154. The summed E-state index contributed by atoms with van der Waals surface area (Å²) in [7, 11) is 4.66. The molecule has 1 unspecified atom stereocenters. The zero-order chi connectivity index (χ0) is 12.0. The highest BCUT2D eigenvalue weighted by atomic mass is 16.5. The van der Waals surface area contributed by atoms with Crippen LogP contribution in [0.25, 0.3) is 0 Å². The minimum atomic E-state index is -0.477. The van der Waals surface area contributed by atoms with Gasteiger partial charge >= 0.3 is 0 Å². The Labute approximate surface area is 94.2 Å². The van der Waals surface area contributed by atoms with Gasteiger partial charge in [-0.15, -0.1) is 0 Å². The smallest absolute Gasteiger partial charge is 0.125 e. The minimum Gasteiger partial charge on any atom is -0.497 e. The lowest BCUT2D eigenvalue weighted by Gasteiger charge is -2.15. The molecule has 0 spiro atoms. The van der Waals surface area contributed by atoms with Crippen molar-refractivity contribution in [3.05, 3.63) is 23.8 Å². The third-order valence-corrected chi connectivity index (χ3v) is 2.20. The first-order valence-corrected chi connectivity index (χ1v) is 4.69. The van der Waals surface area contributed by atoms with Gasteiger partial charge in [0.15, 0.2) is 0 Å². The van der Waals surface area contributed by atoms with E-state index < -0.39 is 6.10 Å². The average Bonchev–Trinajstić information content (AvgIpc) is 2.35. The second-order valence-electron chi connectivity index (χ2n) is 3.03. The SMILES string of the molecule is COc1ccc(OC)c(C(/C=N/O)OC)c1. The number of rotatable bonds is 5. The summed E-state index contributed by atoms with van der Waals surface area (Å²) in [5.74, 6) is 1.33. The highest BCUT2D eigenvalue weighted by Crippen LogP contribution is 2.30. The predicted octanol–water partition coefficient (Wildman–Crippen LogP) is 1.85. The van der Waals surface area contributed by atoms with Crippen LogP contribution in [-0.2, 0) is 4.74 Å². The van der Waals surface area contributed by atoms with Gasteiger partial charge in [-0.1, -0.05) is 5.16 Å². The molecule has 1 N–H and O–H groups in total. The van der Waals surface area contributed by atoms with E-state index in [1.807, 2.05) is 0 Å². The summed E-state index contributed by atoms with van der Waals surface area (Å²) >= 11 is 0. The summed E-state index contributed by atoms with van der Waals surface area (Å²) in [4.78, 5) is 0. The Kier molecular flexibility index (Phi) is 4.60. The molecule has 0 aliphatic carbocycles. The molecular formula is C11H15NO4. The molecular weight excluding hydrogens is 210 g/mol. The maximum atomic E-state index is 8.54. The molecule has 0 heterocycles. The van der Waals surface area contributed by atoms with Crippen molar-refractivity contribution in [1.29, 1.82) is 0 Å². The fraction of sp³-hybridized carbons (Fsp3) is 0.364. The highest BCUT2D eigenvalue weighted by molar-refractivity contribution is 5.67. The normalized spacial score (nSPS) is 12.7. The van der Waals surface area contributed by atoms with Crippen molar-refractivity contribution < 1.29 is 19.4 Å². The Morgan fingerprint density at radius 1 is 1.25 bits per heavy atom.